The summed E-state index contributed by atoms with van der Waals surface area (Å²) in [5.74, 6) is -1.00. The van der Waals surface area contributed by atoms with E-state index in [-0.39, 0.29) is 35.8 Å². The van der Waals surface area contributed by atoms with Gasteiger partial charge in [0.15, 0.2) is 5.69 Å². The van der Waals surface area contributed by atoms with Gasteiger partial charge >= 0.3 is 0 Å². The molecule has 31 heavy (non-hydrogen) atoms. The summed E-state index contributed by atoms with van der Waals surface area (Å²) in [4.78, 5) is 34.3. The highest BCUT2D eigenvalue weighted by molar-refractivity contribution is 5.95. The van der Waals surface area contributed by atoms with Gasteiger partial charge < -0.3 is 15.0 Å². The predicted molar refractivity (Wildman–Crippen MR) is 113 cm³/mol. The minimum atomic E-state index is -0.573. The molecular weight excluding hydrogens is 402 g/mol. The summed E-state index contributed by atoms with van der Waals surface area (Å²) in [5.41, 5.74) is 1.04. The zero-order valence-electron chi connectivity index (χ0n) is 16.8. The van der Waals surface area contributed by atoms with E-state index in [2.05, 4.69) is 15.5 Å². The number of benzene rings is 2. The fraction of sp³-hybridized carbons (Fsp3) is 0.238. The summed E-state index contributed by atoms with van der Waals surface area (Å²) in [7, 11) is 0. The maximum absolute atomic E-state index is 12.1. The van der Waals surface area contributed by atoms with E-state index >= 15 is 0 Å². The SMILES string of the molecule is CCn1c(O)c(N=NC(=O)CCCNC(=O)c2cccc([N+](=O)[O-])c2)c2ccccc21. The lowest BCUT2D eigenvalue weighted by Crippen LogP contribution is -2.24. The third kappa shape index (κ3) is 4.92. The Hall–Kier alpha value is -4.08. The zero-order valence-corrected chi connectivity index (χ0v) is 16.8. The molecule has 0 spiro atoms. The number of nitrogens with one attached hydrogen (secondary N) is 1. The number of aromatic nitrogens is 1. The van der Waals surface area contributed by atoms with Crippen LogP contribution < -0.4 is 5.32 Å². The molecule has 10 nitrogen and oxygen atoms in total. The molecule has 0 saturated heterocycles. The van der Waals surface area contributed by atoms with E-state index in [1.54, 1.807) is 10.6 Å². The van der Waals surface area contributed by atoms with Crippen LogP contribution in [0.3, 0.4) is 0 Å². The molecule has 0 bridgehead atoms. The Labute approximate surface area is 177 Å². The van der Waals surface area contributed by atoms with E-state index in [0.717, 1.165) is 5.52 Å². The van der Waals surface area contributed by atoms with Crippen molar-refractivity contribution in [3.63, 3.8) is 0 Å². The lowest BCUT2D eigenvalue weighted by atomic mass is 10.2. The molecule has 3 aromatic rings. The van der Waals surface area contributed by atoms with Crippen LogP contribution in [0.15, 0.2) is 58.8 Å². The molecule has 160 valence electrons. The molecule has 0 aliphatic rings. The highest BCUT2D eigenvalue weighted by Gasteiger charge is 2.15. The van der Waals surface area contributed by atoms with Crippen molar-refractivity contribution in [2.75, 3.05) is 6.54 Å². The largest absolute Gasteiger partial charge is 0.493 e. The molecule has 1 heterocycles. The predicted octanol–water partition coefficient (Wildman–Crippen LogP) is 4.10. The second kappa shape index (κ2) is 9.61. The fourth-order valence-corrected chi connectivity index (χ4v) is 3.15. The van der Waals surface area contributed by atoms with Gasteiger partial charge in [0.05, 0.1) is 10.4 Å². The van der Waals surface area contributed by atoms with Crippen LogP contribution in [0.5, 0.6) is 5.88 Å². The van der Waals surface area contributed by atoms with Gasteiger partial charge in [-0.15, -0.1) is 10.2 Å². The first kappa shape index (κ1) is 21.6. The van der Waals surface area contributed by atoms with E-state index in [1.807, 2.05) is 25.1 Å². The number of non-ortho nitro benzene ring substituents is 1. The van der Waals surface area contributed by atoms with Crippen LogP contribution in [0, 0.1) is 10.1 Å². The Kier molecular flexibility index (Phi) is 6.71. The zero-order chi connectivity index (χ0) is 22.4. The molecule has 2 amide bonds. The van der Waals surface area contributed by atoms with Crippen LogP contribution in [0.25, 0.3) is 10.9 Å². The molecule has 0 aliphatic carbocycles. The lowest BCUT2D eigenvalue weighted by molar-refractivity contribution is -0.384. The van der Waals surface area contributed by atoms with E-state index in [4.69, 9.17) is 0 Å². The van der Waals surface area contributed by atoms with Crippen LogP contribution in [-0.2, 0) is 11.3 Å². The van der Waals surface area contributed by atoms with Crippen molar-refractivity contribution in [2.24, 2.45) is 10.2 Å². The molecular formula is C21H21N5O5. The minimum Gasteiger partial charge on any atom is -0.493 e. The summed E-state index contributed by atoms with van der Waals surface area (Å²) < 4.78 is 1.68. The van der Waals surface area contributed by atoms with Crippen LogP contribution >= 0.6 is 0 Å². The van der Waals surface area contributed by atoms with Crippen LogP contribution in [0.4, 0.5) is 11.4 Å². The number of carbonyl (C=O) groups excluding carboxylic acids is 2. The lowest BCUT2D eigenvalue weighted by Gasteiger charge is -2.04. The monoisotopic (exact) mass is 423 g/mol. The van der Waals surface area contributed by atoms with E-state index in [0.29, 0.717) is 18.4 Å². The number of nitrogens with zero attached hydrogens (tertiary/aromatic N) is 4. The van der Waals surface area contributed by atoms with Crippen molar-refractivity contribution in [3.8, 4) is 5.88 Å². The first-order valence-corrected chi connectivity index (χ1v) is 9.69. The number of hydrogen-bond donors (Lipinski definition) is 2. The van der Waals surface area contributed by atoms with Crippen LogP contribution in [0.1, 0.15) is 30.1 Å². The van der Waals surface area contributed by atoms with Crippen LogP contribution in [0.2, 0.25) is 0 Å². The summed E-state index contributed by atoms with van der Waals surface area (Å²) in [6, 6.07) is 12.7. The van der Waals surface area contributed by atoms with E-state index < -0.39 is 16.7 Å². The fourth-order valence-electron chi connectivity index (χ4n) is 3.15. The van der Waals surface area contributed by atoms with Gasteiger partial charge in [0.1, 0.15) is 0 Å². The number of nitro benzene ring substituents is 1. The first-order chi connectivity index (χ1) is 14.9. The maximum Gasteiger partial charge on any atom is 0.270 e. The number of aromatic hydroxyl groups is 1. The summed E-state index contributed by atoms with van der Waals surface area (Å²) in [5, 5.41) is 32.1. The van der Waals surface area contributed by atoms with Crippen molar-refractivity contribution in [3.05, 3.63) is 64.2 Å². The topological polar surface area (TPSA) is 139 Å². The molecule has 0 aliphatic heterocycles. The van der Waals surface area contributed by atoms with Crippen molar-refractivity contribution < 1.29 is 19.6 Å². The highest BCUT2D eigenvalue weighted by Crippen LogP contribution is 2.38. The number of hydrogen-bond acceptors (Lipinski definition) is 6. The second-order valence-electron chi connectivity index (χ2n) is 6.69. The summed E-state index contributed by atoms with van der Waals surface area (Å²) >= 11 is 0. The second-order valence-corrected chi connectivity index (χ2v) is 6.69. The number of rotatable bonds is 8. The molecule has 1 aromatic heterocycles. The van der Waals surface area contributed by atoms with Crippen molar-refractivity contribution in [1.82, 2.24) is 9.88 Å². The normalized spacial score (nSPS) is 11.1. The van der Waals surface area contributed by atoms with E-state index in [9.17, 15) is 24.8 Å². The molecule has 3 rings (SSSR count). The Balaban J connectivity index is 1.54. The number of amides is 2. The first-order valence-electron chi connectivity index (χ1n) is 9.69. The number of nitro groups is 1. The van der Waals surface area contributed by atoms with Gasteiger partial charge in [-0.25, -0.2) is 0 Å². The van der Waals surface area contributed by atoms with Gasteiger partial charge in [-0.05, 0) is 25.5 Å². The average molecular weight is 423 g/mol. The van der Waals surface area contributed by atoms with Gasteiger partial charge in [0, 0.05) is 42.6 Å². The average Bonchev–Trinajstić information content (AvgIpc) is 3.05. The van der Waals surface area contributed by atoms with E-state index in [1.165, 1.54) is 24.3 Å². The van der Waals surface area contributed by atoms with Crippen molar-refractivity contribution in [1.29, 1.82) is 0 Å². The maximum atomic E-state index is 12.1. The molecule has 2 aromatic carbocycles. The van der Waals surface area contributed by atoms with Gasteiger partial charge in [0.2, 0.25) is 5.88 Å². The minimum absolute atomic E-state index is 0.0475. The molecule has 0 saturated carbocycles. The number of fused-ring (bicyclic) bond motifs is 1. The number of para-hydroxylation sites is 1. The van der Waals surface area contributed by atoms with Crippen molar-refractivity contribution in [2.45, 2.75) is 26.3 Å². The molecule has 0 fully saturated rings. The summed E-state index contributed by atoms with van der Waals surface area (Å²) in [6.07, 6.45) is 0.368. The smallest absolute Gasteiger partial charge is 0.270 e. The summed E-state index contributed by atoms with van der Waals surface area (Å²) in [6.45, 7) is 2.63. The molecule has 2 N–H and O–H groups in total. The quantitative estimate of drug-likeness (QED) is 0.243. The molecule has 0 radical (unpaired) electrons. The standard InChI is InChI=1S/C21H21N5O5/c1-2-25-17-10-4-3-9-16(17)19(21(25)29)24-23-18(27)11-6-12-22-20(28)14-7-5-8-15(13-14)26(30)31/h3-5,7-10,13,29H,2,6,11-12H2,1H3,(H,22,28). The Morgan fingerprint density at radius 2 is 1.97 bits per heavy atom. The highest BCUT2D eigenvalue weighted by atomic mass is 16.6. The van der Waals surface area contributed by atoms with Gasteiger partial charge in [0.25, 0.3) is 17.5 Å². The van der Waals surface area contributed by atoms with Gasteiger partial charge in [-0.3, -0.25) is 19.7 Å². The molecule has 10 heteroatoms. The van der Waals surface area contributed by atoms with Crippen LogP contribution in [-0.4, -0.2) is 33.0 Å². The number of aryl methyl sites for hydroxylation is 1. The Bertz CT molecular complexity index is 1170. The number of carbonyl (C=O) groups is 2. The van der Waals surface area contributed by atoms with Gasteiger partial charge in [-0.2, -0.15) is 0 Å². The Morgan fingerprint density at radius 1 is 1.19 bits per heavy atom. The molecule has 0 unspecified atom stereocenters. The molecule has 0 atom stereocenters. The third-order valence-corrected chi connectivity index (χ3v) is 4.67. The Morgan fingerprint density at radius 3 is 2.71 bits per heavy atom. The number of azo groups is 1. The van der Waals surface area contributed by atoms with Gasteiger partial charge in [-0.1, -0.05) is 24.3 Å². The third-order valence-electron chi connectivity index (χ3n) is 4.67. The van der Waals surface area contributed by atoms with Crippen molar-refractivity contribution >= 4 is 34.1 Å².